The standard InChI is InChI=1S/C18H25N3O3/c1-12-8-17(22)19-15-6-4-5-7-16(15)21(12)18(23)11-20-9-13(2)24-14(3)10-20/h4-7,12-14H,8-11H2,1-3H3,(H,19,22). The van der Waals surface area contributed by atoms with Crippen molar-refractivity contribution in [2.45, 2.75) is 45.4 Å². The van der Waals surface area contributed by atoms with Crippen molar-refractivity contribution >= 4 is 23.2 Å². The molecule has 3 rings (SSSR count). The Morgan fingerprint density at radius 2 is 1.88 bits per heavy atom. The van der Waals surface area contributed by atoms with Crippen molar-refractivity contribution in [3.63, 3.8) is 0 Å². The van der Waals surface area contributed by atoms with Crippen molar-refractivity contribution in [1.29, 1.82) is 0 Å². The van der Waals surface area contributed by atoms with Gasteiger partial charge in [-0.25, -0.2) is 0 Å². The molecule has 1 fully saturated rings. The van der Waals surface area contributed by atoms with E-state index in [1.165, 1.54) is 0 Å². The van der Waals surface area contributed by atoms with E-state index in [4.69, 9.17) is 4.74 Å². The number of ether oxygens (including phenoxy) is 1. The van der Waals surface area contributed by atoms with Gasteiger partial charge in [0.05, 0.1) is 30.1 Å². The van der Waals surface area contributed by atoms with Crippen molar-refractivity contribution in [2.75, 3.05) is 29.9 Å². The van der Waals surface area contributed by atoms with Gasteiger partial charge in [-0.15, -0.1) is 0 Å². The monoisotopic (exact) mass is 331 g/mol. The third-order valence-electron chi connectivity index (χ3n) is 4.48. The van der Waals surface area contributed by atoms with Gasteiger partial charge in [0.2, 0.25) is 11.8 Å². The fraction of sp³-hybridized carbons (Fsp3) is 0.556. The molecule has 0 saturated carbocycles. The smallest absolute Gasteiger partial charge is 0.241 e. The number of para-hydroxylation sites is 2. The minimum atomic E-state index is -0.169. The lowest BCUT2D eigenvalue weighted by atomic mass is 10.1. The Morgan fingerprint density at radius 3 is 2.58 bits per heavy atom. The molecule has 6 nitrogen and oxygen atoms in total. The number of fused-ring (bicyclic) bond motifs is 1. The Labute approximate surface area is 142 Å². The van der Waals surface area contributed by atoms with Crippen LogP contribution < -0.4 is 10.2 Å². The number of benzene rings is 1. The number of carbonyl (C=O) groups excluding carboxylic acids is 2. The second-order valence-corrected chi connectivity index (χ2v) is 6.83. The molecule has 0 aliphatic carbocycles. The van der Waals surface area contributed by atoms with Gasteiger partial charge in [-0.2, -0.15) is 0 Å². The number of morpholine rings is 1. The third-order valence-corrected chi connectivity index (χ3v) is 4.48. The Kier molecular flexibility index (Phi) is 4.87. The lowest BCUT2D eigenvalue weighted by molar-refractivity contribution is -0.124. The molecule has 0 radical (unpaired) electrons. The molecule has 2 aliphatic rings. The summed E-state index contributed by atoms with van der Waals surface area (Å²) in [6, 6.07) is 7.31. The molecule has 0 aromatic heterocycles. The molecule has 130 valence electrons. The molecule has 2 amide bonds. The number of rotatable bonds is 2. The number of nitrogens with zero attached hydrogens (tertiary/aromatic N) is 2. The molecule has 6 heteroatoms. The highest BCUT2D eigenvalue weighted by Gasteiger charge is 2.32. The second-order valence-electron chi connectivity index (χ2n) is 6.83. The predicted octanol–water partition coefficient (Wildman–Crippen LogP) is 1.86. The van der Waals surface area contributed by atoms with Gasteiger partial charge in [-0.05, 0) is 32.9 Å². The zero-order chi connectivity index (χ0) is 17.3. The van der Waals surface area contributed by atoms with Crippen LogP contribution in [0.2, 0.25) is 0 Å². The van der Waals surface area contributed by atoms with Crippen LogP contribution in [-0.2, 0) is 14.3 Å². The summed E-state index contributed by atoms with van der Waals surface area (Å²) >= 11 is 0. The lowest BCUT2D eigenvalue weighted by Crippen LogP contribution is -2.51. The van der Waals surface area contributed by atoms with Gasteiger partial charge in [0.1, 0.15) is 0 Å². The van der Waals surface area contributed by atoms with Crippen molar-refractivity contribution in [3.05, 3.63) is 24.3 Å². The molecule has 0 bridgehead atoms. The van der Waals surface area contributed by atoms with Crippen LogP contribution in [0, 0.1) is 0 Å². The third kappa shape index (κ3) is 3.60. The van der Waals surface area contributed by atoms with Gasteiger partial charge in [-0.1, -0.05) is 12.1 Å². The lowest BCUT2D eigenvalue weighted by Gasteiger charge is -2.36. The van der Waals surface area contributed by atoms with Crippen LogP contribution in [0.4, 0.5) is 11.4 Å². The maximum atomic E-state index is 13.0. The van der Waals surface area contributed by atoms with Crippen LogP contribution in [0.5, 0.6) is 0 Å². The Balaban J connectivity index is 1.81. The number of anilines is 2. The molecule has 0 spiro atoms. The highest BCUT2D eigenvalue weighted by molar-refractivity contribution is 6.04. The zero-order valence-corrected chi connectivity index (χ0v) is 14.5. The predicted molar refractivity (Wildman–Crippen MR) is 93.1 cm³/mol. The molecule has 24 heavy (non-hydrogen) atoms. The molecular weight excluding hydrogens is 306 g/mol. The Morgan fingerprint density at radius 1 is 1.21 bits per heavy atom. The Hall–Kier alpha value is -1.92. The summed E-state index contributed by atoms with van der Waals surface area (Å²) in [6.45, 7) is 7.81. The fourth-order valence-corrected chi connectivity index (χ4v) is 3.65. The van der Waals surface area contributed by atoms with Crippen molar-refractivity contribution in [3.8, 4) is 0 Å². The maximum absolute atomic E-state index is 13.0. The molecule has 3 unspecified atom stereocenters. The molecule has 2 aliphatic heterocycles. The zero-order valence-electron chi connectivity index (χ0n) is 14.5. The van der Waals surface area contributed by atoms with Crippen LogP contribution in [0.15, 0.2) is 24.3 Å². The van der Waals surface area contributed by atoms with Gasteiger partial charge in [0, 0.05) is 25.6 Å². The molecule has 1 N–H and O–H groups in total. The van der Waals surface area contributed by atoms with Crippen molar-refractivity contribution in [1.82, 2.24) is 4.90 Å². The SMILES string of the molecule is CC1CN(CC(=O)N2c3ccccc3NC(=O)CC2C)CC(C)O1. The van der Waals surface area contributed by atoms with Crippen LogP contribution in [0.1, 0.15) is 27.2 Å². The van der Waals surface area contributed by atoms with Crippen LogP contribution in [0.3, 0.4) is 0 Å². The highest BCUT2D eigenvalue weighted by atomic mass is 16.5. The van der Waals surface area contributed by atoms with Crippen LogP contribution >= 0.6 is 0 Å². The first kappa shape index (κ1) is 16.9. The van der Waals surface area contributed by atoms with E-state index in [1.54, 1.807) is 4.90 Å². The average Bonchev–Trinajstić information content (AvgIpc) is 2.60. The van der Waals surface area contributed by atoms with E-state index in [1.807, 2.05) is 45.0 Å². The fourth-order valence-electron chi connectivity index (χ4n) is 3.65. The molecule has 1 aromatic carbocycles. The molecule has 1 aromatic rings. The van der Waals surface area contributed by atoms with E-state index in [-0.39, 0.29) is 30.1 Å². The normalized spacial score (nSPS) is 28.0. The van der Waals surface area contributed by atoms with Crippen LogP contribution in [0.25, 0.3) is 0 Å². The highest BCUT2D eigenvalue weighted by Crippen LogP contribution is 2.31. The minimum absolute atomic E-state index is 0.0211. The quantitative estimate of drug-likeness (QED) is 0.898. The van der Waals surface area contributed by atoms with Crippen molar-refractivity contribution in [2.24, 2.45) is 0 Å². The van der Waals surface area contributed by atoms with E-state index in [2.05, 4.69) is 10.2 Å². The second kappa shape index (κ2) is 6.91. The summed E-state index contributed by atoms with van der Waals surface area (Å²) in [5.74, 6) is -0.0355. The van der Waals surface area contributed by atoms with E-state index in [0.29, 0.717) is 18.7 Å². The first-order valence-electron chi connectivity index (χ1n) is 8.53. The summed E-state index contributed by atoms with van der Waals surface area (Å²) in [6.07, 6.45) is 0.549. The number of hydrogen-bond donors (Lipinski definition) is 1. The summed E-state index contributed by atoms with van der Waals surface area (Å²) in [5, 5.41) is 2.89. The first-order valence-corrected chi connectivity index (χ1v) is 8.53. The average molecular weight is 331 g/mol. The molecule has 3 atom stereocenters. The van der Waals surface area contributed by atoms with Gasteiger partial charge >= 0.3 is 0 Å². The molecular formula is C18H25N3O3. The van der Waals surface area contributed by atoms with E-state index in [9.17, 15) is 9.59 Å². The number of amides is 2. The first-order chi connectivity index (χ1) is 11.4. The van der Waals surface area contributed by atoms with E-state index >= 15 is 0 Å². The summed E-state index contributed by atoms with van der Waals surface area (Å²) in [5.41, 5.74) is 1.47. The van der Waals surface area contributed by atoms with E-state index in [0.717, 1.165) is 18.8 Å². The molecule has 2 heterocycles. The number of nitrogens with one attached hydrogen (secondary N) is 1. The van der Waals surface area contributed by atoms with Gasteiger partial charge < -0.3 is 15.0 Å². The summed E-state index contributed by atoms with van der Waals surface area (Å²) in [7, 11) is 0. The largest absolute Gasteiger partial charge is 0.373 e. The number of hydrogen-bond acceptors (Lipinski definition) is 4. The Bertz CT molecular complexity index is 624. The number of carbonyl (C=O) groups is 2. The molecule has 1 saturated heterocycles. The summed E-state index contributed by atoms with van der Waals surface area (Å²) < 4.78 is 5.73. The maximum Gasteiger partial charge on any atom is 0.241 e. The van der Waals surface area contributed by atoms with E-state index < -0.39 is 0 Å². The van der Waals surface area contributed by atoms with Crippen molar-refractivity contribution < 1.29 is 14.3 Å². The van der Waals surface area contributed by atoms with Crippen LogP contribution in [-0.4, -0.2) is 54.6 Å². The van der Waals surface area contributed by atoms with Gasteiger partial charge in [0.25, 0.3) is 0 Å². The van der Waals surface area contributed by atoms with Gasteiger partial charge in [0.15, 0.2) is 0 Å². The minimum Gasteiger partial charge on any atom is -0.373 e. The summed E-state index contributed by atoms with van der Waals surface area (Å²) in [4.78, 5) is 28.9. The van der Waals surface area contributed by atoms with Gasteiger partial charge in [-0.3, -0.25) is 14.5 Å². The topological polar surface area (TPSA) is 61.9 Å².